The molecule has 0 heterocycles. The molecule has 0 aliphatic heterocycles. The third-order valence-electron chi connectivity index (χ3n) is 3.64. The molecule has 0 aromatic rings. The molecule has 0 fully saturated rings. The van der Waals surface area contributed by atoms with Crippen molar-refractivity contribution in [2.45, 2.75) is 60.0 Å². The lowest BCUT2D eigenvalue weighted by Gasteiger charge is -2.30. The van der Waals surface area contributed by atoms with Gasteiger partial charge in [0.15, 0.2) is 5.78 Å². The molecule has 1 aliphatic carbocycles. The van der Waals surface area contributed by atoms with Crippen LogP contribution in [-0.4, -0.2) is 17.0 Å². The van der Waals surface area contributed by atoms with Gasteiger partial charge in [0, 0.05) is 5.92 Å². The van der Waals surface area contributed by atoms with Crippen LogP contribution in [0.3, 0.4) is 0 Å². The summed E-state index contributed by atoms with van der Waals surface area (Å²) in [5.41, 5.74) is 2.39. The highest BCUT2D eigenvalue weighted by atomic mass is 16.3. The smallest absolute Gasteiger partial charge is 0.165 e. The van der Waals surface area contributed by atoms with Gasteiger partial charge in [0.1, 0.15) is 6.10 Å². The van der Waals surface area contributed by atoms with Crippen LogP contribution in [0.2, 0.25) is 0 Å². The predicted octanol–water partition coefficient (Wildman–Crippen LogP) is 3.10. The van der Waals surface area contributed by atoms with Crippen LogP contribution in [0.5, 0.6) is 0 Å². The van der Waals surface area contributed by atoms with Gasteiger partial charge in [0.2, 0.25) is 0 Å². The quantitative estimate of drug-likeness (QED) is 0.732. The maximum Gasteiger partial charge on any atom is 0.165 e. The summed E-state index contributed by atoms with van der Waals surface area (Å²) in [7, 11) is 0. The summed E-state index contributed by atoms with van der Waals surface area (Å²) in [6.45, 7) is 9.96. The summed E-state index contributed by atoms with van der Waals surface area (Å²) < 4.78 is 0. The first-order chi connectivity index (χ1) is 7.23. The zero-order chi connectivity index (χ0) is 12.5. The Hall–Kier alpha value is -0.630. The van der Waals surface area contributed by atoms with E-state index in [0.29, 0.717) is 0 Å². The highest BCUT2D eigenvalue weighted by Gasteiger charge is 2.34. The fraction of sp³-hybridized carbons (Fsp3) is 0.786. The van der Waals surface area contributed by atoms with Crippen molar-refractivity contribution >= 4 is 5.78 Å². The van der Waals surface area contributed by atoms with Gasteiger partial charge in [-0.1, -0.05) is 31.9 Å². The fourth-order valence-corrected chi connectivity index (χ4v) is 2.14. The van der Waals surface area contributed by atoms with E-state index in [1.54, 1.807) is 0 Å². The molecule has 0 unspecified atom stereocenters. The van der Waals surface area contributed by atoms with Crippen LogP contribution in [0.15, 0.2) is 11.1 Å². The number of ketones is 1. The third kappa shape index (κ3) is 2.94. The summed E-state index contributed by atoms with van der Waals surface area (Å²) in [6.07, 6.45) is 1.90. The van der Waals surface area contributed by atoms with E-state index in [1.807, 2.05) is 20.8 Å². The van der Waals surface area contributed by atoms with Crippen molar-refractivity contribution in [3.8, 4) is 0 Å². The van der Waals surface area contributed by atoms with E-state index >= 15 is 0 Å². The first kappa shape index (κ1) is 13.4. The van der Waals surface area contributed by atoms with Crippen LogP contribution in [0, 0.1) is 11.3 Å². The average Bonchev–Trinajstić information content (AvgIpc) is 2.18. The second-order valence-electron chi connectivity index (χ2n) is 6.17. The molecule has 16 heavy (non-hydrogen) atoms. The second-order valence-corrected chi connectivity index (χ2v) is 6.17. The van der Waals surface area contributed by atoms with E-state index in [4.69, 9.17) is 0 Å². The number of hydrogen-bond donors (Lipinski definition) is 1. The van der Waals surface area contributed by atoms with Gasteiger partial charge < -0.3 is 5.11 Å². The van der Waals surface area contributed by atoms with Crippen molar-refractivity contribution in [3.63, 3.8) is 0 Å². The normalized spacial score (nSPS) is 24.5. The number of allylic oxidation sites excluding steroid dienone is 2. The van der Waals surface area contributed by atoms with Gasteiger partial charge in [-0.3, -0.25) is 4.79 Å². The van der Waals surface area contributed by atoms with Crippen LogP contribution >= 0.6 is 0 Å². The minimum atomic E-state index is -0.830. The highest BCUT2D eigenvalue weighted by Crippen LogP contribution is 2.32. The number of rotatable bonds is 2. The Morgan fingerprint density at radius 3 is 2.31 bits per heavy atom. The standard InChI is InChI=1S/C14H24O2/c1-9-6-7-11(8-10(9)2)12(15)13(16)14(3,4)5/h11,13,16H,6-8H2,1-5H3/t11-,13+/m0/s1. The van der Waals surface area contributed by atoms with Crippen LogP contribution in [0.1, 0.15) is 53.9 Å². The SMILES string of the molecule is CC1=C(C)C[C@@H](C(=O)[C@@H](O)C(C)(C)C)CC1. The number of hydrogen-bond acceptors (Lipinski definition) is 2. The highest BCUT2D eigenvalue weighted by molar-refractivity contribution is 5.86. The molecule has 0 bridgehead atoms. The maximum absolute atomic E-state index is 12.1. The molecule has 0 aromatic carbocycles. The zero-order valence-electron chi connectivity index (χ0n) is 11.1. The van der Waals surface area contributed by atoms with Gasteiger partial charge in [-0.25, -0.2) is 0 Å². The summed E-state index contributed by atoms with van der Waals surface area (Å²) in [4.78, 5) is 12.1. The van der Waals surface area contributed by atoms with E-state index in [1.165, 1.54) is 11.1 Å². The molecule has 2 nitrogen and oxygen atoms in total. The van der Waals surface area contributed by atoms with Crippen LogP contribution < -0.4 is 0 Å². The molecule has 1 N–H and O–H groups in total. The number of aliphatic hydroxyl groups is 1. The Labute approximate surface area is 98.7 Å². The molecular weight excluding hydrogens is 200 g/mol. The summed E-state index contributed by atoms with van der Waals surface area (Å²) in [5.74, 6) is 0.0530. The molecule has 0 saturated heterocycles. The van der Waals surface area contributed by atoms with Crippen molar-refractivity contribution in [1.29, 1.82) is 0 Å². The Bertz CT molecular complexity index is 307. The van der Waals surface area contributed by atoms with E-state index < -0.39 is 6.10 Å². The molecule has 1 rings (SSSR count). The Kier molecular flexibility index (Phi) is 3.95. The summed E-state index contributed by atoms with van der Waals surface area (Å²) in [6, 6.07) is 0. The number of carbonyl (C=O) groups excluding carboxylic acids is 1. The zero-order valence-corrected chi connectivity index (χ0v) is 11.1. The molecule has 2 heteroatoms. The van der Waals surface area contributed by atoms with Crippen molar-refractivity contribution in [3.05, 3.63) is 11.1 Å². The Morgan fingerprint density at radius 2 is 1.88 bits per heavy atom. The van der Waals surface area contributed by atoms with Crippen LogP contribution in [-0.2, 0) is 4.79 Å². The molecule has 1 aliphatic rings. The van der Waals surface area contributed by atoms with Gasteiger partial charge in [-0.2, -0.15) is 0 Å². The van der Waals surface area contributed by atoms with Crippen molar-refractivity contribution in [2.75, 3.05) is 0 Å². The van der Waals surface area contributed by atoms with Crippen molar-refractivity contribution < 1.29 is 9.90 Å². The van der Waals surface area contributed by atoms with Gasteiger partial charge >= 0.3 is 0 Å². The molecule has 0 saturated carbocycles. The summed E-state index contributed by atoms with van der Waals surface area (Å²) in [5, 5.41) is 9.99. The number of Topliss-reactive ketones (excluding diaryl/α,β-unsaturated/α-hetero) is 1. The molecular formula is C14H24O2. The minimum absolute atomic E-state index is 0.0259. The molecule has 0 aromatic heterocycles. The average molecular weight is 224 g/mol. The Morgan fingerprint density at radius 1 is 1.31 bits per heavy atom. The molecule has 0 spiro atoms. The lowest BCUT2D eigenvalue weighted by atomic mass is 9.76. The third-order valence-corrected chi connectivity index (χ3v) is 3.64. The van der Waals surface area contributed by atoms with Crippen LogP contribution in [0.25, 0.3) is 0 Å². The van der Waals surface area contributed by atoms with E-state index in [9.17, 15) is 9.90 Å². The number of carbonyl (C=O) groups is 1. The maximum atomic E-state index is 12.1. The van der Waals surface area contributed by atoms with Gasteiger partial charge in [-0.05, 0) is 38.5 Å². The van der Waals surface area contributed by atoms with Gasteiger partial charge in [0.25, 0.3) is 0 Å². The van der Waals surface area contributed by atoms with Gasteiger partial charge in [-0.15, -0.1) is 0 Å². The first-order valence-corrected chi connectivity index (χ1v) is 6.10. The molecule has 2 atom stereocenters. The fourth-order valence-electron chi connectivity index (χ4n) is 2.14. The van der Waals surface area contributed by atoms with E-state index in [0.717, 1.165) is 19.3 Å². The Balaban J connectivity index is 2.71. The lowest BCUT2D eigenvalue weighted by molar-refractivity contribution is -0.136. The van der Waals surface area contributed by atoms with E-state index in [-0.39, 0.29) is 17.1 Å². The minimum Gasteiger partial charge on any atom is -0.385 e. The topological polar surface area (TPSA) is 37.3 Å². The predicted molar refractivity (Wildman–Crippen MR) is 66.2 cm³/mol. The van der Waals surface area contributed by atoms with Crippen molar-refractivity contribution in [2.24, 2.45) is 11.3 Å². The molecule has 0 amide bonds. The lowest BCUT2D eigenvalue weighted by Crippen LogP contribution is -2.39. The molecule has 0 radical (unpaired) electrons. The first-order valence-electron chi connectivity index (χ1n) is 6.10. The van der Waals surface area contributed by atoms with E-state index in [2.05, 4.69) is 13.8 Å². The monoisotopic (exact) mass is 224 g/mol. The molecule has 92 valence electrons. The second kappa shape index (κ2) is 4.70. The van der Waals surface area contributed by atoms with Crippen LogP contribution in [0.4, 0.5) is 0 Å². The summed E-state index contributed by atoms with van der Waals surface area (Å²) >= 11 is 0. The van der Waals surface area contributed by atoms with Gasteiger partial charge in [0.05, 0.1) is 0 Å². The number of aliphatic hydroxyl groups excluding tert-OH is 1. The largest absolute Gasteiger partial charge is 0.385 e. The van der Waals surface area contributed by atoms with Crippen molar-refractivity contribution in [1.82, 2.24) is 0 Å².